The van der Waals surface area contributed by atoms with E-state index in [1.54, 1.807) is 0 Å². The summed E-state index contributed by atoms with van der Waals surface area (Å²) in [5.74, 6) is 0.0518. The van der Waals surface area contributed by atoms with Gasteiger partial charge in [-0.3, -0.25) is 4.79 Å². The monoisotopic (exact) mass is 211 g/mol. The first-order chi connectivity index (χ1) is 6.79. The third kappa shape index (κ3) is 1.77. The van der Waals surface area contributed by atoms with Crippen molar-refractivity contribution in [3.05, 3.63) is 10.6 Å². The van der Waals surface area contributed by atoms with Crippen LogP contribution in [0.3, 0.4) is 0 Å². The summed E-state index contributed by atoms with van der Waals surface area (Å²) in [7, 11) is 0. The standard InChI is InChI=1S/C9H13N3OS/c1-7-8(10-11-14-7)9(13)12-5-3-2-4-6-12/h2-6H2,1H3. The maximum atomic E-state index is 11.9. The molecular formula is C9H13N3OS. The van der Waals surface area contributed by atoms with Crippen LogP contribution in [-0.2, 0) is 0 Å². The smallest absolute Gasteiger partial charge is 0.275 e. The summed E-state index contributed by atoms with van der Waals surface area (Å²) in [5.41, 5.74) is 0.539. The Bertz CT molecular complexity index is 331. The average Bonchev–Trinajstić information content (AvgIpc) is 2.65. The molecule has 0 N–H and O–H groups in total. The highest BCUT2D eigenvalue weighted by Crippen LogP contribution is 2.15. The summed E-state index contributed by atoms with van der Waals surface area (Å²) >= 11 is 1.29. The molecule has 14 heavy (non-hydrogen) atoms. The summed E-state index contributed by atoms with van der Waals surface area (Å²) < 4.78 is 3.78. The number of hydrogen-bond acceptors (Lipinski definition) is 4. The molecule has 1 aromatic heterocycles. The Morgan fingerprint density at radius 1 is 1.36 bits per heavy atom. The predicted octanol–water partition coefficient (Wildman–Crippen LogP) is 1.47. The quantitative estimate of drug-likeness (QED) is 0.706. The molecule has 0 saturated carbocycles. The molecule has 2 heterocycles. The number of aromatic nitrogens is 2. The molecule has 1 aromatic rings. The number of nitrogens with zero attached hydrogens (tertiary/aromatic N) is 3. The lowest BCUT2D eigenvalue weighted by atomic mass is 10.1. The van der Waals surface area contributed by atoms with Crippen LogP contribution in [0, 0.1) is 6.92 Å². The van der Waals surface area contributed by atoms with Crippen LogP contribution >= 0.6 is 11.5 Å². The maximum Gasteiger partial charge on any atom is 0.275 e. The van der Waals surface area contributed by atoms with Gasteiger partial charge in [-0.05, 0) is 37.7 Å². The minimum atomic E-state index is 0.0518. The van der Waals surface area contributed by atoms with Crippen molar-refractivity contribution in [1.82, 2.24) is 14.5 Å². The minimum Gasteiger partial charge on any atom is -0.337 e. The van der Waals surface area contributed by atoms with Gasteiger partial charge in [0, 0.05) is 13.1 Å². The van der Waals surface area contributed by atoms with Crippen molar-refractivity contribution >= 4 is 17.4 Å². The van der Waals surface area contributed by atoms with E-state index in [2.05, 4.69) is 9.59 Å². The summed E-state index contributed by atoms with van der Waals surface area (Å²) in [4.78, 5) is 14.7. The number of aryl methyl sites for hydroxylation is 1. The van der Waals surface area contributed by atoms with E-state index in [-0.39, 0.29) is 5.91 Å². The lowest BCUT2D eigenvalue weighted by Crippen LogP contribution is -2.36. The van der Waals surface area contributed by atoms with Gasteiger partial charge in [-0.1, -0.05) is 4.49 Å². The summed E-state index contributed by atoms with van der Waals surface area (Å²) in [5, 5.41) is 3.87. The van der Waals surface area contributed by atoms with Crippen molar-refractivity contribution in [2.24, 2.45) is 0 Å². The molecule has 1 aliphatic rings. The first kappa shape index (κ1) is 9.58. The molecule has 0 bridgehead atoms. The van der Waals surface area contributed by atoms with E-state index in [0.29, 0.717) is 5.69 Å². The van der Waals surface area contributed by atoms with Crippen molar-refractivity contribution in [3.8, 4) is 0 Å². The van der Waals surface area contributed by atoms with E-state index >= 15 is 0 Å². The van der Waals surface area contributed by atoms with Crippen LogP contribution in [0.1, 0.15) is 34.6 Å². The van der Waals surface area contributed by atoms with Crippen LogP contribution in [0.5, 0.6) is 0 Å². The van der Waals surface area contributed by atoms with Gasteiger partial charge in [-0.25, -0.2) is 0 Å². The molecule has 1 fully saturated rings. The molecule has 5 heteroatoms. The zero-order chi connectivity index (χ0) is 9.97. The second-order valence-corrected chi connectivity index (χ2v) is 4.49. The Labute approximate surface area is 87.1 Å². The second kappa shape index (κ2) is 4.04. The Morgan fingerprint density at radius 3 is 2.64 bits per heavy atom. The van der Waals surface area contributed by atoms with E-state index in [1.165, 1.54) is 18.0 Å². The van der Waals surface area contributed by atoms with Crippen molar-refractivity contribution in [2.75, 3.05) is 13.1 Å². The number of carbonyl (C=O) groups excluding carboxylic acids is 1. The largest absolute Gasteiger partial charge is 0.337 e. The third-order valence-corrected chi connectivity index (χ3v) is 3.13. The SMILES string of the molecule is Cc1snnc1C(=O)N1CCCCC1. The molecule has 1 amide bonds. The third-order valence-electron chi connectivity index (χ3n) is 2.50. The predicted molar refractivity (Wildman–Crippen MR) is 54.4 cm³/mol. The number of hydrogen-bond donors (Lipinski definition) is 0. The maximum absolute atomic E-state index is 11.9. The highest BCUT2D eigenvalue weighted by Gasteiger charge is 2.21. The second-order valence-electron chi connectivity index (χ2n) is 3.53. The van der Waals surface area contributed by atoms with Crippen molar-refractivity contribution in [2.45, 2.75) is 26.2 Å². The van der Waals surface area contributed by atoms with Crippen LogP contribution in [0.4, 0.5) is 0 Å². The fraction of sp³-hybridized carbons (Fsp3) is 0.667. The van der Waals surface area contributed by atoms with Gasteiger partial charge in [-0.2, -0.15) is 0 Å². The lowest BCUT2D eigenvalue weighted by molar-refractivity contribution is 0.0717. The van der Waals surface area contributed by atoms with Crippen LogP contribution in [0.2, 0.25) is 0 Å². The van der Waals surface area contributed by atoms with Gasteiger partial charge >= 0.3 is 0 Å². The Kier molecular flexibility index (Phi) is 2.77. The van der Waals surface area contributed by atoms with Crippen molar-refractivity contribution in [1.29, 1.82) is 0 Å². The molecule has 2 rings (SSSR count). The van der Waals surface area contributed by atoms with Gasteiger partial charge < -0.3 is 4.90 Å². The fourth-order valence-corrected chi connectivity index (χ4v) is 2.14. The Balaban J connectivity index is 2.11. The number of amides is 1. The number of rotatable bonds is 1. The molecule has 76 valence electrons. The summed E-state index contributed by atoms with van der Waals surface area (Å²) in [6.45, 7) is 3.63. The molecule has 0 aliphatic carbocycles. The molecular weight excluding hydrogens is 198 g/mol. The van der Waals surface area contributed by atoms with Gasteiger partial charge in [0.25, 0.3) is 5.91 Å². The molecule has 0 aromatic carbocycles. The van der Waals surface area contributed by atoms with Crippen LogP contribution in [0.15, 0.2) is 0 Å². The Hall–Kier alpha value is -0.970. The molecule has 4 nitrogen and oxygen atoms in total. The number of piperidine rings is 1. The molecule has 0 unspecified atom stereocenters. The molecule has 0 atom stereocenters. The van der Waals surface area contributed by atoms with E-state index < -0.39 is 0 Å². The van der Waals surface area contributed by atoms with Crippen molar-refractivity contribution < 1.29 is 4.79 Å². The number of likely N-dealkylation sites (tertiary alicyclic amines) is 1. The Morgan fingerprint density at radius 2 is 2.07 bits per heavy atom. The highest BCUT2D eigenvalue weighted by molar-refractivity contribution is 7.05. The number of carbonyl (C=O) groups is 1. The van der Waals surface area contributed by atoms with E-state index in [4.69, 9.17) is 0 Å². The zero-order valence-electron chi connectivity index (χ0n) is 8.19. The fourth-order valence-electron chi connectivity index (χ4n) is 1.68. The van der Waals surface area contributed by atoms with Crippen LogP contribution in [0.25, 0.3) is 0 Å². The zero-order valence-corrected chi connectivity index (χ0v) is 9.01. The highest BCUT2D eigenvalue weighted by atomic mass is 32.1. The summed E-state index contributed by atoms with van der Waals surface area (Å²) in [6, 6.07) is 0. The average molecular weight is 211 g/mol. The molecule has 1 aliphatic heterocycles. The lowest BCUT2D eigenvalue weighted by Gasteiger charge is -2.25. The van der Waals surface area contributed by atoms with E-state index in [9.17, 15) is 4.79 Å². The van der Waals surface area contributed by atoms with Crippen LogP contribution in [-0.4, -0.2) is 33.5 Å². The van der Waals surface area contributed by atoms with Crippen molar-refractivity contribution in [3.63, 3.8) is 0 Å². The normalized spacial score (nSPS) is 17.1. The molecule has 0 radical (unpaired) electrons. The van der Waals surface area contributed by atoms with Gasteiger partial charge in [0.2, 0.25) is 0 Å². The van der Waals surface area contributed by atoms with E-state index in [0.717, 1.165) is 30.8 Å². The molecule has 0 spiro atoms. The topological polar surface area (TPSA) is 46.1 Å². The minimum absolute atomic E-state index is 0.0518. The first-order valence-corrected chi connectivity index (χ1v) is 5.64. The van der Waals surface area contributed by atoms with Gasteiger partial charge in [-0.15, -0.1) is 5.10 Å². The van der Waals surface area contributed by atoms with Gasteiger partial charge in [0.05, 0.1) is 4.88 Å². The van der Waals surface area contributed by atoms with Gasteiger partial charge in [0.15, 0.2) is 5.69 Å². The molecule has 1 saturated heterocycles. The van der Waals surface area contributed by atoms with E-state index in [1.807, 2.05) is 11.8 Å². The van der Waals surface area contributed by atoms with Gasteiger partial charge in [0.1, 0.15) is 0 Å². The first-order valence-electron chi connectivity index (χ1n) is 4.87. The summed E-state index contributed by atoms with van der Waals surface area (Å²) in [6.07, 6.45) is 3.46. The van der Waals surface area contributed by atoms with Crippen LogP contribution < -0.4 is 0 Å².